The van der Waals surface area contributed by atoms with Gasteiger partial charge in [0.2, 0.25) is 0 Å². The van der Waals surface area contributed by atoms with Crippen LogP contribution in [0.15, 0.2) is 42.5 Å². The van der Waals surface area contributed by atoms with Crippen molar-refractivity contribution in [3.63, 3.8) is 0 Å². The van der Waals surface area contributed by atoms with Gasteiger partial charge in [0.1, 0.15) is 0 Å². The Kier molecular flexibility index (Phi) is 6.69. The van der Waals surface area contributed by atoms with Crippen LogP contribution in [-0.4, -0.2) is 0 Å². The first-order valence-electron chi connectivity index (χ1n) is 6.95. The van der Waals surface area contributed by atoms with Gasteiger partial charge in [-0.3, -0.25) is 0 Å². The first-order chi connectivity index (χ1) is 8.24. The third-order valence-electron chi connectivity index (χ3n) is 3.43. The van der Waals surface area contributed by atoms with Crippen LogP contribution < -0.4 is 0 Å². The van der Waals surface area contributed by atoms with Crippen molar-refractivity contribution in [1.29, 1.82) is 0 Å². The topological polar surface area (TPSA) is 0 Å². The number of unbranched alkanes of at least 4 members (excludes halogenated alkanes) is 3. The van der Waals surface area contributed by atoms with E-state index in [2.05, 4.69) is 50.8 Å². The zero-order valence-corrected chi connectivity index (χ0v) is 11.4. The summed E-state index contributed by atoms with van der Waals surface area (Å²) < 4.78 is 0. The fourth-order valence-electron chi connectivity index (χ4n) is 2.14. The molecule has 1 aromatic carbocycles. The van der Waals surface area contributed by atoms with Crippen molar-refractivity contribution < 1.29 is 0 Å². The summed E-state index contributed by atoms with van der Waals surface area (Å²) in [6.07, 6.45) is 7.67. The van der Waals surface area contributed by atoms with Gasteiger partial charge in [-0.25, -0.2) is 0 Å². The highest BCUT2D eigenvalue weighted by Gasteiger charge is 2.07. The van der Waals surface area contributed by atoms with Crippen LogP contribution in [0.1, 0.15) is 51.5 Å². The molecule has 0 aliphatic carbocycles. The summed E-state index contributed by atoms with van der Waals surface area (Å²) in [7, 11) is 0. The molecule has 0 saturated heterocycles. The largest absolute Gasteiger partial charge is 0.0996 e. The molecule has 17 heavy (non-hydrogen) atoms. The van der Waals surface area contributed by atoms with Gasteiger partial charge in [-0.2, -0.15) is 0 Å². The average Bonchev–Trinajstić information content (AvgIpc) is 2.35. The van der Waals surface area contributed by atoms with Crippen molar-refractivity contribution >= 4 is 0 Å². The molecule has 1 unspecified atom stereocenters. The van der Waals surface area contributed by atoms with E-state index in [-0.39, 0.29) is 0 Å². The van der Waals surface area contributed by atoms with Crippen molar-refractivity contribution in [2.24, 2.45) is 5.92 Å². The van der Waals surface area contributed by atoms with E-state index in [1.807, 2.05) is 0 Å². The maximum atomic E-state index is 4.25. The van der Waals surface area contributed by atoms with Crippen LogP contribution in [0.4, 0.5) is 0 Å². The van der Waals surface area contributed by atoms with E-state index in [4.69, 9.17) is 0 Å². The number of allylic oxidation sites excluding steroid dienone is 1. The molecule has 1 atom stereocenters. The third kappa shape index (κ3) is 5.72. The molecule has 0 N–H and O–H groups in total. The van der Waals surface area contributed by atoms with Crippen LogP contribution in [0.5, 0.6) is 0 Å². The van der Waals surface area contributed by atoms with Gasteiger partial charge in [0.15, 0.2) is 0 Å². The van der Waals surface area contributed by atoms with E-state index in [0.29, 0.717) is 5.92 Å². The number of hydrogen-bond donors (Lipinski definition) is 0. The smallest absolute Gasteiger partial charge is 0.0194 e. The minimum absolute atomic E-state index is 0.610. The van der Waals surface area contributed by atoms with E-state index in [0.717, 1.165) is 6.42 Å². The van der Waals surface area contributed by atoms with Gasteiger partial charge in [0.05, 0.1) is 0 Å². The van der Waals surface area contributed by atoms with Crippen LogP contribution in [-0.2, 0) is 6.42 Å². The van der Waals surface area contributed by atoms with Gasteiger partial charge < -0.3 is 0 Å². The Bertz CT molecular complexity index is 310. The fourth-order valence-corrected chi connectivity index (χ4v) is 2.14. The van der Waals surface area contributed by atoms with E-state index in [1.54, 1.807) is 0 Å². The summed E-state index contributed by atoms with van der Waals surface area (Å²) in [4.78, 5) is 0. The second-order valence-corrected chi connectivity index (χ2v) is 5.06. The molecule has 0 bridgehead atoms. The molecule has 0 aliphatic heterocycles. The highest BCUT2D eigenvalue weighted by atomic mass is 14.1. The second kappa shape index (κ2) is 8.11. The summed E-state index contributed by atoms with van der Waals surface area (Å²) in [6, 6.07) is 10.7. The molecule has 0 nitrogen and oxygen atoms in total. The first kappa shape index (κ1) is 14.0. The lowest BCUT2D eigenvalue weighted by molar-refractivity contribution is 0.599. The van der Waals surface area contributed by atoms with Crippen LogP contribution in [0, 0.1) is 5.92 Å². The lowest BCUT2D eigenvalue weighted by Gasteiger charge is -2.14. The SMILES string of the molecule is C=C(CCCCCC)C(C)Cc1ccccc1. The van der Waals surface area contributed by atoms with Crippen molar-refractivity contribution in [1.82, 2.24) is 0 Å². The predicted molar refractivity (Wildman–Crippen MR) is 77.2 cm³/mol. The van der Waals surface area contributed by atoms with Gasteiger partial charge in [-0.05, 0) is 30.7 Å². The Morgan fingerprint density at radius 3 is 2.47 bits per heavy atom. The summed E-state index contributed by atoms with van der Waals surface area (Å²) >= 11 is 0. The molecule has 1 rings (SSSR count). The molecule has 0 heteroatoms. The lowest BCUT2D eigenvalue weighted by Crippen LogP contribution is -2.03. The maximum absolute atomic E-state index is 4.25. The molecule has 0 saturated carbocycles. The van der Waals surface area contributed by atoms with E-state index in [1.165, 1.54) is 43.2 Å². The molecule has 0 amide bonds. The average molecular weight is 230 g/mol. The third-order valence-corrected chi connectivity index (χ3v) is 3.43. The molecule has 0 radical (unpaired) electrons. The standard InChI is InChI=1S/C17H26/c1-4-5-6-8-11-15(2)16(3)14-17-12-9-7-10-13-17/h7,9-10,12-13,16H,2,4-6,8,11,14H2,1,3H3. The van der Waals surface area contributed by atoms with Gasteiger partial charge >= 0.3 is 0 Å². The van der Waals surface area contributed by atoms with E-state index < -0.39 is 0 Å². The Morgan fingerprint density at radius 1 is 1.12 bits per heavy atom. The van der Waals surface area contributed by atoms with Crippen LogP contribution in [0.3, 0.4) is 0 Å². The van der Waals surface area contributed by atoms with Gasteiger partial charge in [0, 0.05) is 0 Å². The minimum Gasteiger partial charge on any atom is -0.0996 e. The molecule has 0 spiro atoms. The monoisotopic (exact) mass is 230 g/mol. The van der Waals surface area contributed by atoms with Gasteiger partial charge in [-0.15, -0.1) is 0 Å². The second-order valence-electron chi connectivity index (χ2n) is 5.06. The maximum Gasteiger partial charge on any atom is -0.0194 e. The fraction of sp³-hybridized carbons (Fsp3) is 0.529. The Hall–Kier alpha value is -1.04. The van der Waals surface area contributed by atoms with Gasteiger partial charge in [0.25, 0.3) is 0 Å². The van der Waals surface area contributed by atoms with Crippen LogP contribution in [0.25, 0.3) is 0 Å². The summed E-state index contributed by atoms with van der Waals surface area (Å²) in [5.41, 5.74) is 2.85. The van der Waals surface area contributed by atoms with Crippen molar-refractivity contribution in [2.75, 3.05) is 0 Å². The summed E-state index contributed by atoms with van der Waals surface area (Å²) in [6.45, 7) is 8.81. The van der Waals surface area contributed by atoms with E-state index in [9.17, 15) is 0 Å². The summed E-state index contributed by atoms with van der Waals surface area (Å²) in [5.74, 6) is 0.610. The highest BCUT2D eigenvalue weighted by molar-refractivity contribution is 5.17. The molecule has 0 aromatic heterocycles. The Balaban J connectivity index is 2.27. The number of rotatable bonds is 8. The predicted octanol–water partition coefficient (Wildman–Crippen LogP) is 5.39. The zero-order valence-electron chi connectivity index (χ0n) is 11.4. The van der Waals surface area contributed by atoms with Crippen LogP contribution >= 0.6 is 0 Å². The lowest BCUT2D eigenvalue weighted by atomic mass is 9.91. The normalized spacial score (nSPS) is 12.4. The quantitative estimate of drug-likeness (QED) is 0.415. The Labute approximate surface area is 107 Å². The molecule has 0 heterocycles. The zero-order chi connectivity index (χ0) is 12.5. The molecular formula is C17H26. The number of benzene rings is 1. The van der Waals surface area contributed by atoms with Gasteiger partial charge in [-0.1, -0.05) is 75.6 Å². The van der Waals surface area contributed by atoms with E-state index >= 15 is 0 Å². The molecule has 0 aliphatic rings. The minimum atomic E-state index is 0.610. The Morgan fingerprint density at radius 2 is 1.82 bits per heavy atom. The molecule has 1 aromatic rings. The number of hydrogen-bond acceptors (Lipinski definition) is 0. The highest BCUT2D eigenvalue weighted by Crippen LogP contribution is 2.20. The molecule has 94 valence electrons. The van der Waals surface area contributed by atoms with Crippen molar-refractivity contribution in [2.45, 2.75) is 52.4 Å². The molecular weight excluding hydrogens is 204 g/mol. The summed E-state index contributed by atoms with van der Waals surface area (Å²) in [5, 5.41) is 0. The van der Waals surface area contributed by atoms with Crippen molar-refractivity contribution in [3.8, 4) is 0 Å². The van der Waals surface area contributed by atoms with Crippen molar-refractivity contribution in [3.05, 3.63) is 48.0 Å². The molecule has 0 fully saturated rings. The van der Waals surface area contributed by atoms with Crippen LogP contribution in [0.2, 0.25) is 0 Å². The first-order valence-corrected chi connectivity index (χ1v) is 6.95.